The van der Waals surface area contributed by atoms with Crippen LogP contribution in [0.25, 0.3) is 0 Å². The first-order valence-corrected chi connectivity index (χ1v) is 6.49. The molecular formula is C11H9NOS2. The third-order valence-corrected chi connectivity index (χ3v) is 4.22. The van der Waals surface area contributed by atoms with Gasteiger partial charge in [-0.3, -0.25) is 0 Å². The minimum absolute atomic E-state index is 0.127. The molecular weight excluding hydrogens is 226 g/mol. The minimum atomic E-state index is 0.127. The zero-order chi connectivity index (χ0) is 10.1. The van der Waals surface area contributed by atoms with E-state index in [0.29, 0.717) is 0 Å². The summed E-state index contributed by atoms with van der Waals surface area (Å²) in [6.07, 6.45) is 1.02. The second-order valence-corrected chi connectivity index (χ2v) is 5.26. The van der Waals surface area contributed by atoms with Crippen molar-refractivity contribution in [2.24, 2.45) is 5.16 Å². The fourth-order valence-corrected chi connectivity index (χ4v) is 3.06. The van der Waals surface area contributed by atoms with Crippen molar-refractivity contribution in [3.63, 3.8) is 0 Å². The second kappa shape index (κ2) is 3.79. The molecule has 1 aliphatic heterocycles. The van der Waals surface area contributed by atoms with Crippen molar-refractivity contribution in [3.05, 3.63) is 44.8 Å². The van der Waals surface area contributed by atoms with Gasteiger partial charge in [-0.1, -0.05) is 17.3 Å². The fourth-order valence-electron chi connectivity index (χ4n) is 1.59. The molecule has 3 rings (SSSR count). The number of hydrogen-bond acceptors (Lipinski definition) is 4. The van der Waals surface area contributed by atoms with Crippen molar-refractivity contribution in [1.82, 2.24) is 0 Å². The molecule has 4 heteroatoms. The lowest BCUT2D eigenvalue weighted by molar-refractivity contribution is 0.0883. The highest BCUT2D eigenvalue weighted by molar-refractivity contribution is 7.12. The molecule has 0 aliphatic carbocycles. The van der Waals surface area contributed by atoms with Crippen molar-refractivity contribution in [3.8, 4) is 0 Å². The van der Waals surface area contributed by atoms with E-state index in [4.69, 9.17) is 4.84 Å². The van der Waals surface area contributed by atoms with E-state index in [0.717, 1.165) is 12.1 Å². The Bertz CT molecular complexity index is 459. The summed E-state index contributed by atoms with van der Waals surface area (Å²) in [6.45, 7) is 0. The lowest BCUT2D eigenvalue weighted by Crippen LogP contribution is -1.97. The summed E-state index contributed by atoms with van der Waals surface area (Å²) < 4.78 is 0. The van der Waals surface area contributed by atoms with Gasteiger partial charge in [0.2, 0.25) is 0 Å². The maximum Gasteiger partial charge on any atom is 0.167 e. The molecule has 2 aromatic heterocycles. The quantitative estimate of drug-likeness (QED) is 0.778. The lowest BCUT2D eigenvalue weighted by atomic mass is 10.1. The van der Waals surface area contributed by atoms with E-state index in [1.165, 1.54) is 9.75 Å². The average molecular weight is 235 g/mol. The van der Waals surface area contributed by atoms with Gasteiger partial charge in [0.05, 0.1) is 4.88 Å². The summed E-state index contributed by atoms with van der Waals surface area (Å²) in [6, 6.07) is 8.28. The van der Waals surface area contributed by atoms with Crippen LogP contribution < -0.4 is 0 Å². The van der Waals surface area contributed by atoms with Gasteiger partial charge in [0.1, 0.15) is 5.71 Å². The highest BCUT2D eigenvalue weighted by atomic mass is 32.1. The molecule has 0 aromatic carbocycles. The Balaban J connectivity index is 1.78. The van der Waals surface area contributed by atoms with Crippen LogP contribution in [0.3, 0.4) is 0 Å². The molecule has 1 aliphatic rings. The van der Waals surface area contributed by atoms with Crippen molar-refractivity contribution >= 4 is 28.4 Å². The predicted octanol–water partition coefficient (Wildman–Crippen LogP) is 3.68. The second-order valence-electron chi connectivity index (χ2n) is 3.33. The summed E-state index contributed by atoms with van der Waals surface area (Å²) >= 11 is 3.44. The highest BCUT2D eigenvalue weighted by Gasteiger charge is 2.24. The van der Waals surface area contributed by atoms with Gasteiger partial charge in [-0.05, 0) is 22.9 Å². The minimum Gasteiger partial charge on any atom is -0.386 e. The maximum atomic E-state index is 5.44. The molecule has 0 fully saturated rings. The average Bonchev–Trinajstić information content (AvgIpc) is 3.02. The van der Waals surface area contributed by atoms with Gasteiger partial charge in [-0.15, -0.1) is 22.7 Å². The molecule has 0 saturated heterocycles. The van der Waals surface area contributed by atoms with Gasteiger partial charge >= 0.3 is 0 Å². The molecule has 15 heavy (non-hydrogen) atoms. The number of oxime groups is 1. The number of thiophene rings is 2. The molecule has 0 amide bonds. The summed E-state index contributed by atoms with van der Waals surface area (Å²) in [7, 11) is 0. The molecule has 3 heterocycles. The third-order valence-electron chi connectivity index (χ3n) is 2.34. The van der Waals surface area contributed by atoms with E-state index in [-0.39, 0.29) is 6.10 Å². The van der Waals surface area contributed by atoms with Crippen LogP contribution in [-0.4, -0.2) is 5.71 Å². The molecule has 0 radical (unpaired) electrons. The number of hydrogen-bond donors (Lipinski definition) is 0. The van der Waals surface area contributed by atoms with Crippen LogP contribution in [0.1, 0.15) is 22.3 Å². The van der Waals surface area contributed by atoms with Gasteiger partial charge in [-0.25, -0.2) is 0 Å². The van der Waals surface area contributed by atoms with E-state index >= 15 is 0 Å². The Labute approximate surface area is 95.8 Å². The molecule has 1 unspecified atom stereocenters. The summed E-state index contributed by atoms with van der Waals surface area (Å²) in [4.78, 5) is 7.91. The zero-order valence-corrected chi connectivity index (χ0v) is 9.55. The van der Waals surface area contributed by atoms with Gasteiger partial charge in [0.25, 0.3) is 0 Å². The summed E-state index contributed by atoms with van der Waals surface area (Å²) in [5.74, 6) is 0. The van der Waals surface area contributed by atoms with Crippen molar-refractivity contribution in [2.75, 3.05) is 0 Å². The van der Waals surface area contributed by atoms with E-state index in [1.807, 2.05) is 12.1 Å². The van der Waals surface area contributed by atoms with Crippen LogP contribution in [-0.2, 0) is 4.84 Å². The summed E-state index contributed by atoms with van der Waals surface area (Å²) in [5.41, 5.74) is 1.07. The van der Waals surface area contributed by atoms with Gasteiger partial charge in [-0.2, -0.15) is 0 Å². The van der Waals surface area contributed by atoms with Crippen molar-refractivity contribution in [1.29, 1.82) is 0 Å². The Morgan fingerprint density at radius 3 is 2.80 bits per heavy atom. The van der Waals surface area contributed by atoms with E-state index < -0.39 is 0 Å². The first-order valence-electron chi connectivity index (χ1n) is 4.73. The smallest absolute Gasteiger partial charge is 0.167 e. The molecule has 0 saturated carbocycles. The Hall–Kier alpha value is -1.13. The molecule has 0 bridgehead atoms. The summed E-state index contributed by atoms with van der Waals surface area (Å²) in [5, 5.41) is 8.29. The number of nitrogens with zero attached hydrogens (tertiary/aromatic N) is 1. The van der Waals surface area contributed by atoms with Crippen molar-refractivity contribution in [2.45, 2.75) is 12.5 Å². The van der Waals surface area contributed by atoms with E-state index in [2.05, 4.69) is 28.0 Å². The predicted molar refractivity (Wildman–Crippen MR) is 63.6 cm³/mol. The first kappa shape index (κ1) is 9.12. The van der Waals surface area contributed by atoms with Crippen LogP contribution in [0, 0.1) is 0 Å². The molecule has 0 N–H and O–H groups in total. The standard InChI is InChI=1S/C11H9NOS2/c1-3-10(14-5-1)8-7-9(13-12-8)11-4-2-6-15-11/h1-6,9H,7H2. The normalized spacial score (nSPS) is 20.0. The molecule has 1 atom stereocenters. The Morgan fingerprint density at radius 2 is 2.07 bits per heavy atom. The maximum absolute atomic E-state index is 5.44. The van der Waals surface area contributed by atoms with E-state index in [1.54, 1.807) is 22.7 Å². The molecule has 76 valence electrons. The molecule has 0 spiro atoms. The highest BCUT2D eigenvalue weighted by Crippen LogP contribution is 2.32. The zero-order valence-electron chi connectivity index (χ0n) is 7.92. The topological polar surface area (TPSA) is 21.6 Å². The van der Waals surface area contributed by atoms with Gasteiger partial charge in [0.15, 0.2) is 6.10 Å². The molecule has 2 nitrogen and oxygen atoms in total. The SMILES string of the molecule is c1csc(C2=NOC(c3cccs3)C2)c1. The fraction of sp³-hybridized carbons (Fsp3) is 0.182. The van der Waals surface area contributed by atoms with E-state index in [9.17, 15) is 0 Å². The number of rotatable bonds is 2. The lowest BCUT2D eigenvalue weighted by Gasteiger charge is -2.03. The van der Waals surface area contributed by atoms with Crippen LogP contribution in [0.15, 0.2) is 40.2 Å². The largest absolute Gasteiger partial charge is 0.386 e. The van der Waals surface area contributed by atoms with Crippen LogP contribution in [0.2, 0.25) is 0 Å². The van der Waals surface area contributed by atoms with Gasteiger partial charge in [0, 0.05) is 11.3 Å². The Kier molecular flexibility index (Phi) is 2.31. The monoisotopic (exact) mass is 235 g/mol. The molecule has 2 aromatic rings. The van der Waals surface area contributed by atoms with Crippen LogP contribution in [0.5, 0.6) is 0 Å². The van der Waals surface area contributed by atoms with Gasteiger partial charge < -0.3 is 4.84 Å². The Morgan fingerprint density at radius 1 is 1.20 bits per heavy atom. The van der Waals surface area contributed by atoms with Crippen LogP contribution >= 0.6 is 22.7 Å². The van der Waals surface area contributed by atoms with Crippen LogP contribution in [0.4, 0.5) is 0 Å². The first-order chi connectivity index (χ1) is 7.43. The third kappa shape index (κ3) is 1.70. The van der Waals surface area contributed by atoms with Crippen molar-refractivity contribution < 1.29 is 4.84 Å².